The zero-order valence-electron chi connectivity index (χ0n) is 16.2. The first-order valence-corrected chi connectivity index (χ1v) is 9.55. The number of ether oxygens (including phenoxy) is 4. The van der Waals surface area contributed by atoms with Crippen LogP contribution in [0.3, 0.4) is 0 Å². The van der Waals surface area contributed by atoms with Crippen molar-refractivity contribution in [2.45, 2.75) is 20.3 Å². The van der Waals surface area contributed by atoms with E-state index in [0.717, 1.165) is 17.5 Å². The molecule has 1 heterocycles. The number of rotatable bonds is 6. The molecule has 3 rings (SSSR count). The number of halogens is 1. The van der Waals surface area contributed by atoms with Crippen LogP contribution in [0.5, 0.6) is 17.2 Å². The number of carbonyl (C=O) groups excluding carboxylic acids is 2. The van der Waals surface area contributed by atoms with Crippen LogP contribution in [0.25, 0.3) is 0 Å². The molecule has 1 aliphatic heterocycles. The van der Waals surface area contributed by atoms with E-state index in [-0.39, 0.29) is 6.61 Å². The number of nitrogens with one attached hydrogen (secondary N) is 1. The van der Waals surface area contributed by atoms with Crippen LogP contribution in [0.4, 0.5) is 5.69 Å². The zero-order valence-corrected chi connectivity index (χ0v) is 17.0. The molecule has 0 aromatic heterocycles. The summed E-state index contributed by atoms with van der Waals surface area (Å²) in [5, 5.41) is 3.26. The minimum Gasteiger partial charge on any atom is -0.490 e. The predicted octanol–water partition coefficient (Wildman–Crippen LogP) is 3.68. The third kappa shape index (κ3) is 5.77. The monoisotopic (exact) mass is 419 g/mol. The van der Waals surface area contributed by atoms with Crippen molar-refractivity contribution in [3.05, 3.63) is 46.5 Å². The second-order valence-electron chi connectivity index (χ2n) is 6.58. The molecule has 0 aliphatic carbocycles. The third-order valence-electron chi connectivity index (χ3n) is 4.15. The van der Waals surface area contributed by atoms with Crippen molar-refractivity contribution < 1.29 is 28.5 Å². The highest BCUT2D eigenvalue weighted by Gasteiger charge is 2.14. The summed E-state index contributed by atoms with van der Waals surface area (Å²) in [5.74, 6) is 0.665. The summed E-state index contributed by atoms with van der Waals surface area (Å²) >= 11 is 5.98. The van der Waals surface area contributed by atoms with Crippen LogP contribution in [-0.2, 0) is 14.3 Å². The Bertz CT molecular complexity index is 891. The zero-order chi connectivity index (χ0) is 20.8. The lowest BCUT2D eigenvalue weighted by Crippen LogP contribution is -2.23. The standard InChI is InChI=1S/C21H22ClNO6/c1-13-8-15(22)9-14(2)21(13)29-12-20(25)28-11-19(24)23-16-4-5-17-18(10-16)27-7-3-6-26-17/h4-5,8-10H,3,6-7,11-12H2,1-2H3,(H,23,24). The molecule has 1 amide bonds. The van der Waals surface area contributed by atoms with Gasteiger partial charge in [-0.05, 0) is 49.2 Å². The summed E-state index contributed by atoms with van der Waals surface area (Å²) in [6.07, 6.45) is 0.795. The SMILES string of the molecule is Cc1cc(Cl)cc(C)c1OCC(=O)OCC(=O)Nc1ccc2c(c1)OCCCO2. The number of benzene rings is 2. The molecule has 0 spiro atoms. The van der Waals surface area contributed by atoms with Crippen molar-refractivity contribution in [2.75, 3.05) is 31.7 Å². The largest absolute Gasteiger partial charge is 0.490 e. The molecule has 29 heavy (non-hydrogen) atoms. The highest BCUT2D eigenvalue weighted by molar-refractivity contribution is 6.30. The van der Waals surface area contributed by atoms with Gasteiger partial charge in [0.15, 0.2) is 24.7 Å². The van der Waals surface area contributed by atoms with Crippen LogP contribution in [-0.4, -0.2) is 38.3 Å². The smallest absolute Gasteiger partial charge is 0.344 e. The number of esters is 1. The second-order valence-corrected chi connectivity index (χ2v) is 7.01. The van der Waals surface area contributed by atoms with E-state index in [4.69, 9.17) is 30.5 Å². The lowest BCUT2D eigenvalue weighted by Gasteiger charge is -2.13. The molecular weight excluding hydrogens is 398 g/mol. The van der Waals surface area contributed by atoms with Crippen molar-refractivity contribution in [2.24, 2.45) is 0 Å². The second kappa shape index (κ2) is 9.52. The average molecular weight is 420 g/mol. The Morgan fingerprint density at radius 1 is 1.03 bits per heavy atom. The summed E-state index contributed by atoms with van der Waals surface area (Å²) in [4.78, 5) is 24.0. The van der Waals surface area contributed by atoms with Crippen LogP contribution in [0.15, 0.2) is 30.3 Å². The van der Waals surface area contributed by atoms with Crippen molar-refractivity contribution in [3.63, 3.8) is 0 Å². The molecule has 0 unspecified atom stereocenters. The summed E-state index contributed by atoms with van der Waals surface area (Å²) in [6.45, 7) is 4.08. The Kier molecular flexibility index (Phi) is 6.82. The summed E-state index contributed by atoms with van der Waals surface area (Å²) < 4.78 is 21.6. The van der Waals surface area contributed by atoms with E-state index in [9.17, 15) is 9.59 Å². The lowest BCUT2D eigenvalue weighted by atomic mass is 10.1. The van der Waals surface area contributed by atoms with Crippen LogP contribution in [0.2, 0.25) is 5.02 Å². The minimum atomic E-state index is -0.646. The topological polar surface area (TPSA) is 83.1 Å². The van der Waals surface area contributed by atoms with Crippen molar-refractivity contribution in [1.82, 2.24) is 0 Å². The highest BCUT2D eigenvalue weighted by Crippen LogP contribution is 2.32. The van der Waals surface area contributed by atoms with Gasteiger partial charge in [-0.15, -0.1) is 0 Å². The molecule has 7 nitrogen and oxygen atoms in total. The van der Waals surface area contributed by atoms with Gasteiger partial charge in [-0.1, -0.05) is 11.6 Å². The fourth-order valence-corrected chi connectivity index (χ4v) is 3.21. The van der Waals surface area contributed by atoms with Gasteiger partial charge in [0, 0.05) is 23.2 Å². The first-order chi connectivity index (χ1) is 13.9. The fraction of sp³-hybridized carbons (Fsp3) is 0.333. The Hall–Kier alpha value is -2.93. The quantitative estimate of drug-likeness (QED) is 0.719. The molecule has 1 N–H and O–H groups in total. The molecule has 2 aromatic rings. The van der Waals surface area contributed by atoms with E-state index >= 15 is 0 Å². The average Bonchev–Trinajstić information content (AvgIpc) is 2.90. The Morgan fingerprint density at radius 2 is 1.72 bits per heavy atom. The molecule has 0 fully saturated rings. The van der Waals surface area contributed by atoms with Crippen LogP contribution >= 0.6 is 11.6 Å². The Morgan fingerprint density at radius 3 is 2.45 bits per heavy atom. The number of hydrogen-bond acceptors (Lipinski definition) is 6. The molecular formula is C21H22ClNO6. The first-order valence-electron chi connectivity index (χ1n) is 9.17. The van der Waals surface area contributed by atoms with Gasteiger partial charge < -0.3 is 24.3 Å². The predicted molar refractivity (Wildman–Crippen MR) is 108 cm³/mol. The molecule has 8 heteroatoms. The number of hydrogen-bond donors (Lipinski definition) is 1. The van der Waals surface area contributed by atoms with E-state index in [1.54, 1.807) is 30.3 Å². The van der Waals surface area contributed by atoms with E-state index in [1.165, 1.54) is 0 Å². The van der Waals surface area contributed by atoms with Crippen molar-refractivity contribution >= 4 is 29.2 Å². The van der Waals surface area contributed by atoms with Gasteiger partial charge in [0.25, 0.3) is 5.91 Å². The molecule has 0 saturated carbocycles. The van der Waals surface area contributed by atoms with E-state index in [1.807, 2.05) is 13.8 Å². The molecule has 0 saturated heterocycles. The minimum absolute atomic E-state index is 0.305. The summed E-state index contributed by atoms with van der Waals surface area (Å²) in [7, 11) is 0. The summed E-state index contributed by atoms with van der Waals surface area (Å²) in [6, 6.07) is 8.60. The normalized spacial score (nSPS) is 12.7. The molecule has 1 aliphatic rings. The van der Waals surface area contributed by atoms with Gasteiger partial charge >= 0.3 is 5.97 Å². The first kappa shape index (κ1) is 20.8. The van der Waals surface area contributed by atoms with Crippen LogP contribution < -0.4 is 19.5 Å². The fourth-order valence-electron chi connectivity index (χ4n) is 2.88. The van der Waals surface area contributed by atoms with Crippen LogP contribution in [0, 0.1) is 13.8 Å². The number of aryl methyl sites for hydroxylation is 2. The number of carbonyl (C=O) groups is 2. The maximum Gasteiger partial charge on any atom is 0.344 e. The molecule has 0 bridgehead atoms. The van der Waals surface area contributed by atoms with Gasteiger partial charge in [-0.2, -0.15) is 0 Å². The number of anilines is 1. The van der Waals surface area contributed by atoms with Crippen LogP contribution in [0.1, 0.15) is 17.5 Å². The molecule has 0 radical (unpaired) electrons. The molecule has 2 aromatic carbocycles. The van der Waals surface area contributed by atoms with Gasteiger partial charge in [-0.3, -0.25) is 4.79 Å². The third-order valence-corrected chi connectivity index (χ3v) is 4.37. The van der Waals surface area contributed by atoms with Gasteiger partial charge in [0.05, 0.1) is 13.2 Å². The lowest BCUT2D eigenvalue weighted by molar-refractivity contribution is -0.149. The Balaban J connectivity index is 1.47. The van der Waals surface area contributed by atoms with Gasteiger partial charge in [-0.25, -0.2) is 4.79 Å². The van der Waals surface area contributed by atoms with E-state index < -0.39 is 18.5 Å². The van der Waals surface area contributed by atoms with Gasteiger partial charge in [0.1, 0.15) is 5.75 Å². The number of amides is 1. The highest BCUT2D eigenvalue weighted by atomic mass is 35.5. The summed E-state index contributed by atoms with van der Waals surface area (Å²) in [5.41, 5.74) is 2.16. The van der Waals surface area contributed by atoms with Crippen molar-refractivity contribution in [3.8, 4) is 17.2 Å². The maximum absolute atomic E-state index is 12.1. The molecule has 0 atom stereocenters. The van der Waals surface area contributed by atoms with E-state index in [0.29, 0.717) is 41.2 Å². The maximum atomic E-state index is 12.1. The number of fused-ring (bicyclic) bond motifs is 1. The Labute approximate surface area is 173 Å². The van der Waals surface area contributed by atoms with Crippen molar-refractivity contribution in [1.29, 1.82) is 0 Å². The molecule has 154 valence electrons. The van der Waals surface area contributed by atoms with E-state index in [2.05, 4.69) is 5.32 Å². The van der Waals surface area contributed by atoms with Gasteiger partial charge in [0.2, 0.25) is 0 Å².